The predicted octanol–water partition coefficient (Wildman–Crippen LogP) is 2.88. The Morgan fingerprint density at radius 1 is 1.33 bits per heavy atom. The standard InChI is InChI=1S/C19H23FN4O2S/c1-13-3-2-8-24(10-13)11-16-12-27-19(22-16)23-17(25)9-21-18(26)14-4-6-15(20)7-5-14/h4-7,12-13H,2-3,8-11H2,1H3,(H,21,26)(H,22,23,25)/t13-/m0/s1. The molecule has 144 valence electrons. The number of likely N-dealkylation sites (tertiary alicyclic amines) is 1. The number of thiazole rings is 1. The highest BCUT2D eigenvalue weighted by Crippen LogP contribution is 2.20. The maximum Gasteiger partial charge on any atom is 0.251 e. The monoisotopic (exact) mass is 390 g/mol. The Morgan fingerprint density at radius 3 is 2.85 bits per heavy atom. The van der Waals surface area contributed by atoms with Gasteiger partial charge in [0.2, 0.25) is 5.91 Å². The number of amides is 2. The topological polar surface area (TPSA) is 74.3 Å². The Labute approximate surface area is 161 Å². The Kier molecular flexibility index (Phi) is 6.52. The highest BCUT2D eigenvalue weighted by molar-refractivity contribution is 7.13. The van der Waals surface area contributed by atoms with Crippen LogP contribution < -0.4 is 10.6 Å². The lowest BCUT2D eigenvalue weighted by Gasteiger charge is -2.30. The molecule has 0 spiro atoms. The van der Waals surface area contributed by atoms with Gasteiger partial charge in [0, 0.05) is 24.0 Å². The molecule has 27 heavy (non-hydrogen) atoms. The lowest BCUT2D eigenvalue weighted by molar-refractivity contribution is -0.115. The van der Waals surface area contributed by atoms with Crippen LogP contribution >= 0.6 is 11.3 Å². The maximum atomic E-state index is 12.9. The molecule has 2 N–H and O–H groups in total. The third kappa shape index (κ3) is 5.83. The SMILES string of the molecule is C[C@H]1CCCN(Cc2csc(NC(=O)CNC(=O)c3ccc(F)cc3)n2)C1. The van der Waals surface area contributed by atoms with Crippen LogP contribution in [0.4, 0.5) is 9.52 Å². The number of anilines is 1. The molecule has 1 fully saturated rings. The molecular formula is C19H23FN4O2S. The smallest absolute Gasteiger partial charge is 0.251 e. The minimum absolute atomic E-state index is 0.172. The molecule has 0 radical (unpaired) electrons. The molecule has 2 aromatic rings. The van der Waals surface area contributed by atoms with E-state index in [0.29, 0.717) is 16.6 Å². The van der Waals surface area contributed by atoms with E-state index in [-0.39, 0.29) is 12.5 Å². The molecule has 0 saturated carbocycles. The summed E-state index contributed by atoms with van der Waals surface area (Å²) in [6.45, 7) is 5.04. The fourth-order valence-electron chi connectivity index (χ4n) is 3.12. The van der Waals surface area contributed by atoms with Gasteiger partial charge in [-0.3, -0.25) is 14.5 Å². The van der Waals surface area contributed by atoms with Crippen molar-refractivity contribution < 1.29 is 14.0 Å². The van der Waals surface area contributed by atoms with Crippen LogP contribution in [0.2, 0.25) is 0 Å². The number of nitrogens with one attached hydrogen (secondary N) is 2. The highest BCUT2D eigenvalue weighted by Gasteiger charge is 2.17. The van der Waals surface area contributed by atoms with E-state index >= 15 is 0 Å². The van der Waals surface area contributed by atoms with Crippen LogP contribution in [0.15, 0.2) is 29.6 Å². The van der Waals surface area contributed by atoms with E-state index in [2.05, 4.69) is 27.4 Å². The number of hydrogen-bond acceptors (Lipinski definition) is 5. The van der Waals surface area contributed by atoms with E-state index in [1.165, 1.54) is 48.4 Å². The van der Waals surface area contributed by atoms with Crippen LogP contribution in [-0.2, 0) is 11.3 Å². The molecule has 2 heterocycles. The number of rotatable bonds is 6. The molecule has 2 amide bonds. The first-order valence-electron chi connectivity index (χ1n) is 9.00. The van der Waals surface area contributed by atoms with Gasteiger partial charge < -0.3 is 10.6 Å². The number of benzene rings is 1. The van der Waals surface area contributed by atoms with Crippen molar-refractivity contribution in [1.82, 2.24) is 15.2 Å². The van der Waals surface area contributed by atoms with E-state index in [1.807, 2.05) is 5.38 Å². The summed E-state index contributed by atoms with van der Waals surface area (Å²) in [5, 5.41) is 7.69. The fraction of sp³-hybridized carbons (Fsp3) is 0.421. The number of aromatic nitrogens is 1. The van der Waals surface area contributed by atoms with E-state index in [4.69, 9.17) is 0 Å². The van der Waals surface area contributed by atoms with Gasteiger partial charge in [0.1, 0.15) is 5.82 Å². The highest BCUT2D eigenvalue weighted by atomic mass is 32.1. The molecule has 1 atom stereocenters. The van der Waals surface area contributed by atoms with Crippen molar-refractivity contribution in [3.8, 4) is 0 Å². The van der Waals surface area contributed by atoms with Crippen LogP contribution in [0.1, 0.15) is 35.8 Å². The minimum atomic E-state index is -0.427. The third-order valence-corrected chi connectivity index (χ3v) is 5.25. The average molecular weight is 390 g/mol. The van der Waals surface area contributed by atoms with Crippen molar-refractivity contribution in [3.05, 3.63) is 46.7 Å². The third-order valence-electron chi connectivity index (χ3n) is 4.44. The summed E-state index contributed by atoms with van der Waals surface area (Å²) in [6.07, 6.45) is 2.49. The van der Waals surface area contributed by atoms with Crippen LogP contribution in [0.5, 0.6) is 0 Å². The van der Waals surface area contributed by atoms with Crippen molar-refractivity contribution in [1.29, 1.82) is 0 Å². The zero-order valence-electron chi connectivity index (χ0n) is 15.2. The summed E-state index contributed by atoms with van der Waals surface area (Å²) >= 11 is 1.38. The van der Waals surface area contributed by atoms with Crippen LogP contribution in [-0.4, -0.2) is 41.3 Å². The summed E-state index contributed by atoms with van der Waals surface area (Å²) in [4.78, 5) is 30.8. The van der Waals surface area contributed by atoms with Gasteiger partial charge in [0.05, 0.1) is 12.2 Å². The van der Waals surface area contributed by atoms with Gasteiger partial charge in [0.15, 0.2) is 5.13 Å². The van der Waals surface area contributed by atoms with Gasteiger partial charge in [-0.1, -0.05) is 6.92 Å². The summed E-state index contributed by atoms with van der Waals surface area (Å²) in [6, 6.07) is 5.15. The number of carbonyl (C=O) groups is 2. The van der Waals surface area contributed by atoms with E-state index < -0.39 is 11.7 Å². The van der Waals surface area contributed by atoms with Crippen LogP contribution in [0.25, 0.3) is 0 Å². The average Bonchev–Trinajstić information content (AvgIpc) is 3.07. The van der Waals surface area contributed by atoms with Crippen LogP contribution in [0, 0.1) is 11.7 Å². The first kappa shape index (κ1) is 19.4. The van der Waals surface area contributed by atoms with Gasteiger partial charge >= 0.3 is 0 Å². The van der Waals surface area contributed by atoms with Crippen LogP contribution in [0.3, 0.4) is 0 Å². The number of piperidine rings is 1. The first-order chi connectivity index (χ1) is 13.0. The van der Waals surface area contributed by atoms with Crippen molar-refractivity contribution in [3.63, 3.8) is 0 Å². The van der Waals surface area contributed by atoms with Gasteiger partial charge in [-0.25, -0.2) is 9.37 Å². The molecule has 1 aromatic carbocycles. The Morgan fingerprint density at radius 2 is 2.11 bits per heavy atom. The molecule has 1 saturated heterocycles. The van der Waals surface area contributed by atoms with Gasteiger partial charge in [0.25, 0.3) is 5.91 Å². The predicted molar refractivity (Wildman–Crippen MR) is 103 cm³/mol. The van der Waals surface area contributed by atoms with E-state index in [0.717, 1.165) is 25.3 Å². The zero-order chi connectivity index (χ0) is 19.2. The Hall–Kier alpha value is -2.32. The van der Waals surface area contributed by atoms with Crippen molar-refractivity contribution in [2.75, 3.05) is 25.0 Å². The van der Waals surface area contributed by atoms with E-state index in [9.17, 15) is 14.0 Å². The summed E-state index contributed by atoms with van der Waals surface area (Å²) < 4.78 is 12.9. The van der Waals surface area contributed by atoms with E-state index in [1.54, 1.807) is 0 Å². The molecule has 1 aliphatic rings. The van der Waals surface area contributed by atoms with Crippen molar-refractivity contribution >= 4 is 28.3 Å². The second-order valence-corrected chi connectivity index (χ2v) is 7.72. The minimum Gasteiger partial charge on any atom is -0.343 e. The number of halogens is 1. The Balaban J connectivity index is 1.45. The second kappa shape index (κ2) is 9.05. The van der Waals surface area contributed by atoms with Gasteiger partial charge in [-0.05, 0) is 49.6 Å². The molecule has 3 rings (SSSR count). The molecule has 0 aliphatic carbocycles. The summed E-state index contributed by atoms with van der Waals surface area (Å²) in [5.74, 6) is -0.480. The lowest BCUT2D eigenvalue weighted by atomic mass is 10.0. The zero-order valence-corrected chi connectivity index (χ0v) is 16.0. The van der Waals surface area contributed by atoms with Gasteiger partial charge in [-0.15, -0.1) is 11.3 Å². The quantitative estimate of drug-likeness (QED) is 0.795. The lowest BCUT2D eigenvalue weighted by Crippen LogP contribution is -2.34. The summed E-state index contributed by atoms with van der Waals surface area (Å²) in [5.41, 5.74) is 1.25. The molecule has 1 aromatic heterocycles. The number of carbonyl (C=O) groups excluding carboxylic acids is 2. The fourth-order valence-corrected chi connectivity index (χ4v) is 3.84. The summed E-state index contributed by atoms with van der Waals surface area (Å²) in [7, 11) is 0. The maximum absolute atomic E-state index is 12.9. The first-order valence-corrected chi connectivity index (χ1v) is 9.88. The molecule has 8 heteroatoms. The van der Waals surface area contributed by atoms with Crippen molar-refractivity contribution in [2.45, 2.75) is 26.3 Å². The normalized spacial score (nSPS) is 17.5. The molecule has 1 aliphatic heterocycles. The Bertz CT molecular complexity index is 793. The number of hydrogen-bond donors (Lipinski definition) is 2. The molecular weight excluding hydrogens is 367 g/mol. The molecule has 0 bridgehead atoms. The molecule has 6 nitrogen and oxygen atoms in total. The number of nitrogens with zero attached hydrogens (tertiary/aromatic N) is 2. The largest absolute Gasteiger partial charge is 0.343 e. The van der Waals surface area contributed by atoms with Crippen molar-refractivity contribution in [2.24, 2.45) is 5.92 Å². The molecule has 0 unspecified atom stereocenters. The van der Waals surface area contributed by atoms with Gasteiger partial charge in [-0.2, -0.15) is 0 Å². The second-order valence-electron chi connectivity index (χ2n) is 6.86.